The van der Waals surface area contributed by atoms with E-state index in [-0.39, 0.29) is 0 Å². The van der Waals surface area contributed by atoms with Crippen molar-refractivity contribution in [1.29, 1.82) is 0 Å². The third-order valence-corrected chi connectivity index (χ3v) is 10.6. The van der Waals surface area contributed by atoms with Gasteiger partial charge in [0, 0.05) is 44.4 Å². The van der Waals surface area contributed by atoms with E-state index in [1.54, 1.807) is 0 Å². The van der Waals surface area contributed by atoms with Crippen LogP contribution in [0.4, 0.5) is 0 Å². The van der Waals surface area contributed by atoms with E-state index >= 15 is 0 Å². The third-order valence-electron chi connectivity index (χ3n) is 10.6. The van der Waals surface area contributed by atoms with E-state index in [0.29, 0.717) is 17.5 Å². The van der Waals surface area contributed by atoms with E-state index in [1.807, 2.05) is 60.8 Å². The van der Waals surface area contributed by atoms with Crippen LogP contribution in [-0.4, -0.2) is 19.9 Å². The fourth-order valence-corrected chi connectivity index (χ4v) is 7.92. The molecule has 0 fully saturated rings. The maximum atomic E-state index is 6.17. The van der Waals surface area contributed by atoms with Crippen molar-refractivity contribution >= 4 is 54.4 Å². The molecule has 0 radical (unpaired) electrons. The Balaban J connectivity index is 0.999. The Morgan fingerprint density at radius 1 is 0.345 bits per heavy atom. The van der Waals surface area contributed by atoms with Crippen molar-refractivity contribution in [2.75, 3.05) is 0 Å². The lowest BCUT2D eigenvalue weighted by Gasteiger charge is -2.13. The van der Waals surface area contributed by atoms with Crippen molar-refractivity contribution in [3.05, 3.63) is 182 Å². The highest BCUT2D eigenvalue weighted by atomic mass is 16.3. The van der Waals surface area contributed by atoms with Crippen LogP contribution in [-0.2, 0) is 0 Å². The maximum absolute atomic E-state index is 6.17. The summed E-state index contributed by atoms with van der Waals surface area (Å²) in [5.41, 5.74) is 9.95. The second-order valence-electron chi connectivity index (χ2n) is 13.8. The zero-order valence-electron chi connectivity index (χ0n) is 29.5. The molecule has 55 heavy (non-hydrogen) atoms. The highest BCUT2D eigenvalue weighted by Crippen LogP contribution is 2.39. The minimum absolute atomic E-state index is 0.616. The molecular formula is C50H30N4O. The molecule has 8 aromatic carbocycles. The van der Waals surface area contributed by atoms with Gasteiger partial charge in [0.2, 0.25) is 0 Å². The molecule has 11 rings (SSSR count). The van der Waals surface area contributed by atoms with Gasteiger partial charge in [-0.05, 0) is 56.6 Å². The first kappa shape index (κ1) is 31.1. The SMILES string of the molecule is c1ccc(-c2nc(-c3ccc(-c4cc5ncc6ccccc6c5c5ccccc45)cc3)nc(-c3ccc(-c4cccc5oc6ccccc6c45)cc3)n2)cc1. The summed E-state index contributed by atoms with van der Waals surface area (Å²) in [5.74, 6) is 1.86. The van der Waals surface area contributed by atoms with Gasteiger partial charge in [0.15, 0.2) is 17.5 Å². The molecule has 0 atom stereocenters. The lowest BCUT2D eigenvalue weighted by Crippen LogP contribution is -2.00. The molecule has 0 aliphatic heterocycles. The van der Waals surface area contributed by atoms with Crippen molar-refractivity contribution in [2.45, 2.75) is 0 Å². The molecule has 5 nitrogen and oxygen atoms in total. The van der Waals surface area contributed by atoms with Crippen LogP contribution in [0, 0.1) is 0 Å². The number of fused-ring (bicyclic) bond motifs is 8. The predicted octanol–water partition coefficient (Wildman–Crippen LogP) is 13.0. The van der Waals surface area contributed by atoms with Crippen molar-refractivity contribution in [3.63, 3.8) is 0 Å². The standard InChI is InChI=1S/C50H30N4O/c1-2-11-33(12-3-1)48-52-49(34-25-21-31(22-26-34)37-18-10-20-45-47(37)41-17-8-9-19-44(41)55-45)54-50(53-48)35-27-23-32(24-28-35)42-29-43-46(40-16-7-6-15-39(40)42)38-14-5-4-13-36(38)30-51-43/h1-30H. The van der Waals surface area contributed by atoms with Crippen molar-refractivity contribution in [1.82, 2.24) is 19.9 Å². The molecule has 0 saturated heterocycles. The number of furan rings is 1. The van der Waals surface area contributed by atoms with Crippen LogP contribution in [0.15, 0.2) is 187 Å². The fraction of sp³-hybridized carbons (Fsp3) is 0. The summed E-state index contributed by atoms with van der Waals surface area (Å²) in [7, 11) is 0. The van der Waals surface area contributed by atoms with E-state index in [0.717, 1.165) is 71.8 Å². The number of aromatic nitrogens is 4. The number of hydrogen-bond acceptors (Lipinski definition) is 5. The normalized spacial score (nSPS) is 11.6. The van der Waals surface area contributed by atoms with Gasteiger partial charge in [-0.15, -0.1) is 0 Å². The fourth-order valence-electron chi connectivity index (χ4n) is 7.92. The Morgan fingerprint density at radius 2 is 0.873 bits per heavy atom. The first-order chi connectivity index (χ1) is 27.2. The van der Waals surface area contributed by atoms with Crippen LogP contribution in [0.2, 0.25) is 0 Å². The molecule has 0 unspecified atom stereocenters. The molecule has 0 aliphatic carbocycles. The molecule has 0 bridgehead atoms. The number of rotatable bonds is 5. The summed E-state index contributed by atoms with van der Waals surface area (Å²) >= 11 is 0. The first-order valence-corrected chi connectivity index (χ1v) is 18.4. The van der Waals surface area contributed by atoms with E-state index in [9.17, 15) is 0 Å². The largest absolute Gasteiger partial charge is 0.456 e. The molecule has 0 saturated carbocycles. The van der Waals surface area contributed by atoms with E-state index < -0.39 is 0 Å². The van der Waals surface area contributed by atoms with Crippen LogP contribution in [0.1, 0.15) is 0 Å². The highest BCUT2D eigenvalue weighted by Gasteiger charge is 2.16. The smallest absolute Gasteiger partial charge is 0.164 e. The lowest BCUT2D eigenvalue weighted by molar-refractivity contribution is 0.669. The molecule has 0 amide bonds. The van der Waals surface area contributed by atoms with Crippen molar-refractivity contribution < 1.29 is 4.42 Å². The Labute approximate surface area is 316 Å². The molecule has 0 aliphatic rings. The number of para-hydroxylation sites is 1. The van der Waals surface area contributed by atoms with E-state index in [1.165, 1.54) is 21.5 Å². The summed E-state index contributed by atoms with van der Waals surface area (Å²) in [5, 5.41) is 8.14. The van der Waals surface area contributed by atoms with Crippen molar-refractivity contribution in [3.8, 4) is 56.4 Å². The van der Waals surface area contributed by atoms with Gasteiger partial charge in [-0.1, -0.05) is 158 Å². The zero-order chi connectivity index (χ0) is 36.3. The average Bonchev–Trinajstić information content (AvgIpc) is 3.65. The Morgan fingerprint density at radius 3 is 1.58 bits per heavy atom. The number of nitrogens with zero attached hydrogens (tertiary/aromatic N) is 4. The molecule has 256 valence electrons. The first-order valence-electron chi connectivity index (χ1n) is 18.4. The van der Waals surface area contributed by atoms with Crippen LogP contribution in [0.5, 0.6) is 0 Å². The quantitative estimate of drug-likeness (QED) is 0.167. The van der Waals surface area contributed by atoms with Gasteiger partial charge in [0.1, 0.15) is 11.2 Å². The summed E-state index contributed by atoms with van der Waals surface area (Å²) in [6, 6.07) is 60.8. The number of pyridine rings is 1. The molecule has 3 heterocycles. The Hall–Kier alpha value is -7.50. The second-order valence-corrected chi connectivity index (χ2v) is 13.8. The molecule has 0 spiro atoms. The zero-order valence-corrected chi connectivity index (χ0v) is 29.5. The van der Waals surface area contributed by atoms with Gasteiger partial charge in [0.25, 0.3) is 0 Å². The summed E-state index contributed by atoms with van der Waals surface area (Å²) in [6.07, 6.45) is 1.97. The topological polar surface area (TPSA) is 64.7 Å². The summed E-state index contributed by atoms with van der Waals surface area (Å²) in [6.45, 7) is 0. The van der Waals surface area contributed by atoms with Gasteiger partial charge >= 0.3 is 0 Å². The predicted molar refractivity (Wildman–Crippen MR) is 225 cm³/mol. The van der Waals surface area contributed by atoms with Gasteiger partial charge in [-0.3, -0.25) is 4.98 Å². The minimum Gasteiger partial charge on any atom is -0.456 e. The highest BCUT2D eigenvalue weighted by molar-refractivity contribution is 6.22. The molecule has 5 heteroatoms. The molecule has 0 N–H and O–H groups in total. The van der Waals surface area contributed by atoms with Gasteiger partial charge in [-0.25, -0.2) is 15.0 Å². The molecule has 3 aromatic heterocycles. The molecular weight excluding hydrogens is 673 g/mol. The summed E-state index contributed by atoms with van der Waals surface area (Å²) < 4.78 is 6.17. The summed E-state index contributed by atoms with van der Waals surface area (Å²) in [4.78, 5) is 20.0. The third kappa shape index (κ3) is 5.24. The van der Waals surface area contributed by atoms with E-state index in [4.69, 9.17) is 24.4 Å². The monoisotopic (exact) mass is 702 g/mol. The maximum Gasteiger partial charge on any atom is 0.164 e. The van der Waals surface area contributed by atoms with E-state index in [2.05, 4.69) is 121 Å². The van der Waals surface area contributed by atoms with Gasteiger partial charge in [-0.2, -0.15) is 0 Å². The van der Waals surface area contributed by atoms with Crippen LogP contribution >= 0.6 is 0 Å². The second kappa shape index (κ2) is 12.6. The van der Waals surface area contributed by atoms with Gasteiger partial charge < -0.3 is 4.42 Å². The van der Waals surface area contributed by atoms with Crippen LogP contribution in [0.3, 0.4) is 0 Å². The number of hydrogen-bond donors (Lipinski definition) is 0. The number of benzene rings is 8. The Bertz CT molecular complexity index is 3240. The Kier molecular flexibility index (Phi) is 7.10. The van der Waals surface area contributed by atoms with Crippen molar-refractivity contribution in [2.24, 2.45) is 0 Å². The average molecular weight is 703 g/mol. The lowest BCUT2D eigenvalue weighted by atomic mass is 9.93. The minimum atomic E-state index is 0.616. The van der Waals surface area contributed by atoms with Crippen LogP contribution in [0.25, 0.3) is 111 Å². The van der Waals surface area contributed by atoms with Crippen LogP contribution < -0.4 is 0 Å². The molecule has 11 aromatic rings. The van der Waals surface area contributed by atoms with Gasteiger partial charge in [0.05, 0.1) is 5.52 Å².